The molecule has 1 aromatic rings. The molecule has 5 nitrogen and oxygen atoms in total. The number of primary amides is 1. The molecule has 0 aliphatic carbocycles. The minimum atomic E-state index is -4.43. The van der Waals surface area contributed by atoms with Gasteiger partial charge in [-0.3, -0.25) is 9.59 Å². The highest BCUT2D eigenvalue weighted by molar-refractivity contribution is 5.83. The van der Waals surface area contributed by atoms with E-state index in [0.717, 1.165) is 4.90 Å². The molecule has 8 heteroatoms. The first kappa shape index (κ1) is 16.8. The quantitative estimate of drug-likeness (QED) is 0.779. The Morgan fingerprint density at radius 1 is 1.19 bits per heavy atom. The molecule has 0 spiro atoms. The summed E-state index contributed by atoms with van der Waals surface area (Å²) < 4.78 is 36.5. The van der Waals surface area contributed by atoms with Crippen LogP contribution < -0.4 is 11.5 Å². The van der Waals surface area contributed by atoms with Crippen LogP contribution in [0.4, 0.5) is 18.9 Å². The number of alkyl halides is 3. The molecule has 4 N–H and O–H groups in total. The van der Waals surface area contributed by atoms with Gasteiger partial charge < -0.3 is 16.4 Å². The number of nitrogens with zero attached hydrogens (tertiary/aromatic N) is 1. The van der Waals surface area contributed by atoms with Crippen LogP contribution in [0.1, 0.15) is 18.4 Å². The van der Waals surface area contributed by atoms with Crippen molar-refractivity contribution in [2.75, 3.05) is 12.3 Å². The van der Waals surface area contributed by atoms with Gasteiger partial charge in [0.05, 0.1) is 13.0 Å². The van der Waals surface area contributed by atoms with Crippen molar-refractivity contribution < 1.29 is 22.8 Å². The molecule has 0 saturated heterocycles. The lowest BCUT2D eigenvalue weighted by Crippen LogP contribution is -2.38. The van der Waals surface area contributed by atoms with Crippen LogP contribution in [0.2, 0.25) is 0 Å². The average Bonchev–Trinajstić information content (AvgIpc) is 2.36. The molecule has 1 rings (SSSR count). The second-order valence-corrected chi connectivity index (χ2v) is 4.53. The smallest absolute Gasteiger partial charge is 0.389 e. The van der Waals surface area contributed by atoms with Crippen LogP contribution in [-0.4, -0.2) is 29.4 Å². The summed E-state index contributed by atoms with van der Waals surface area (Å²) in [6.07, 6.45) is -6.41. The minimum Gasteiger partial charge on any atom is -0.398 e. The van der Waals surface area contributed by atoms with E-state index in [1.165, 1.54) is 0 Å². The van der Waals surface area contributed by atoms with Gasteiger partial charge in [0, 0.05) is 18.7 Å². The number of nitrogens with two attached hydrogens (primary N) is 2. The van der Waals surface area contributed by atoms with Gasteiger partial charge in [-0.2, -0.15) is 13.2 Å². The van der Waals surface area contributed by atoms with Crippen molar-refractivity contribution >= 4 is 17.5 Å². The molecule has 2 amide bonds. The fourth-order valence-electron chi connectivity index (χ4n) is 1.71. The van der Waals surface area contributed by atoms with Crippen LogP contribution in [-0.2, 0) is 16.1 Å². The molecular formula is C13H16F3N3O2. The Bertz CT molecular complexity index is 518. The van der Waals surface area contributed by atoms with Gasteiger partial charge in [0.15, 0.2) is 0 Å². The van der Waals surface area contributed by atoms with Crippen molar-refractivity contribution in [3.05, 3.63) is 29.8 Å². The Kier molecular flexibility index (Phi) is 5.57. The van der Waals surface area contributed by atoms with E-state index < -0.39 is 37.4 Å². The van der Waals surface area contributed by atoms with Crippen LogP contribution in [0.15, 0.2) is 24.3 Å². The van der Waals surface area contributed by atoms with Gasteiger partial charge >= 0.3 is 6.18 Å². The summed E-state index contributed by atoms with van der Waals surface area (Å²) >= 11 is 0. The molecule has 0 radical (unpaired) electrons. The standard InChI is InChI=1S/C13H16F3N3O2/c14-13(15,16)6-5-12(21)19(8-11(18)20)7-9-3-1-2-4-10(9)17/h1-4H,5-8,17H2,(H2,18,20). The second kappa shape index (κ2) is 6.96. The number of hydrogen-bond acceptors (Lipinski definition) is 3. The van der Waals surface area contributed by atoms with Crippen molar-refractivity contribution in [3.63, 3.8) is 0 Å². The number of para-hydroxylation sites is 1. The summed E-state index contributed by atoms with van der Waals surface area (Å²) in [5.41, 5.74) is 11.7. The number of carbonyl (C=O) groups is 2. The van der Waals surface area contributed by atoms with Crippen molar-refractivity contribution in [3.8, 4) is 0 Å². The third kappa shape index (κ3) is 6.15. The summed E-state index contributed by atoms with van der Waals surface area (Å²) in [4.78, 5) is 23.8. The SMILES string of the molecule is NC(=O)CN(Cc1ccccc1N)C(=O)CCC(F)(F)F. The van der Waals surface area contributed by atoms with Gasteiger partial charge in [-0.1, -0.05) is 18.2 Å². The molecule has 21 heavy (non-hydrogen) atoms. The summed E-state index contributed by atoms with van der Waals surface area (Å²) in [6.45, 7) is -0.517. The molecule has 116 valence electrons. The molecule has 0 aliphatic heterocycles. The van der Waals surface area contributed by atoms with Crippen LogP contribution >= 0.6 is 0 Å². The highest BCUT2D eigenvalue weighted by atomic mass is 19.4. The summed E-state index contributed by atoms with van der Waals surface area (Å²) in [7, 11) is 0. The van der Waals surface area contributed by atoms with Crippen molar-refractivity contribution in [2.45, 2.75) is 25.6 Å². The molecule has 0 atom stereocenters. The Balaban J connectivity index is 2.78. The van der Waals surface area contributed by atoms with E-state index in [0.29, 0.717) is 11.3 Å². The maximum atomic E-state index is 12.2. The lowest BCUT2D eigenvalue weighted by molar-refractivity contribution is -0.150. The topological polar surface area (TPSA) is 89.4 Å². The van der Waals surface area contributed by atoms with Gasteiger partial charge in [-0.25, -0.2) is 0 Å². The first-order chi connectivity index (χ1) is 9.69. The van der Waals surface area contributed by atoms with Crippen LogP contribution in [0.5, 0.6) is 0 Å². The summed E-state index contributed by atoms with van der Waals surface area (Å²) in [5.74, 6) is -1.60. The lowest BCUT2D eigenvalue weighted by atomic mass is 10.1. The molecule has 0 aromatic heterocycles. The van der Waals surface area contributed by atoms with E-state index in [1.807, 2.05) is 0 Å². The van der Waals surface area contributed by atoms with E-state index in [-0.39, 0.29) is 6.54 Å². The fraction of sp³-hybridized carbons (Fsp3) is 0.385. The number of rotatable bonds is 6. The lowest BCUT2D eigenvalue weighted by Gasteiger charge is -2.22. The van der Waals surface area contributed by atoms with Gasteiger partial charge in [0.2, 0.25) is 11.8 Å². The first-order valence-corrected chi connectivity index (χ1v) is 6.15. The summed E-state index contributed by atoms with van der Waals surface area (Å²) in [5, 5.41) is 0. The molecule has 0 fully saturated rings. The number of hydrogen-bond donors (Lipinski definition) is 2. The number of anilines is 1. The highest BCUT2D eigenvalue weighted by Gasteiger charge is 2.29. The Labute approximate surface area is 119 Å². The molecular weight excluding hydrogens is 287 g/mol. The molecule has 0 heterocycles. The second-order valence-electron chi connectivity index (χ2n) is 4.53. The van der Waals surface area contributed by atoms with E-state index in [4.69, 9.17) is 11.5 Å². The van der Waals surface area contributed by atoms with E-state index in [1.54, 1.807) is 24.3 Å². The van der Waals surface area contributed by atoms with Gasteiger partial charge in [-0.05, 0) is 11.6 Å². The number of nitrogen functional groups attached to an aromatic ring is 1. The monoisotopic (exact) mass is 303 g/mol. The van der Waals surface area contributed by atoms with E-state index in [9.17, 15) is 22.8 Å². The summed E-state index contributed by atoms with van der Waals surface area (Å²) in [6, 6.07) is 6.58. The van der Waals surface area contributed by atoms with E-state index in [2.05, 4.69) is 0 Å². The zero-order chi connectivity index (χ0) is 16.0. The zero-order valence-corrected chi connectivity index (χ0v) is 11.2. The Morgan fingerprint density at radius 2 is 1.81 bits per heavy atom. The number of carbonyl (C=O) groups excluding carboxylic acids is 2. The Hall–Kier alpha value is -2.25. The maximum absolute atomic E-state index is 12.2. The first-order valence-electron chi connectivity index (χ1n) is 6.15. The van der Waals surface area contributed by atoms with Gasteiger partial charge in [0.1, 0.15) is 0 Å². The number of benzene rings is 1. The molecule has 1 aromatic carbocycles. The molecule has 0 unspecified atom stereocenters. The third-order valence-corrected chi connectivity index (χ3v) is 2.74. The normalized spacial score (nSPS) is 11.2. The minimum absolute atomic E-state index is 0.0632. The van der Waals surface area contributed by atoms with Crippen LogP contribution in [0, 0.1) is 0 Å². The average molecular weight is 303 g/mol. The number of halogens is 3. The largest absolute Gasteiger partial charge is 0.398 e. The van der Waals surface area contributed by atoms with Gasteiger partial charge in [0.25, 0.3) is 0 Å². The Morgan fingerprint density at radius 3 is 2.33 bits per heavy atom. The van der Waals surface area contributed by atoms with Gasteiger partial charge in [-0.15, -0.1) is 0 Å². The zero-order valence-electron chi connectivity index (χ0n) is 11.2. The molecule has 0 aliphatic rings. The van der Waals surface area contributed by atoms with Crippen molar-refractivity contribution in [2.24, 2.45) is 5.73 Å². The fourth-order valence-corrected chi connectivity index (χ4v) is 1.71. The highest BCUT2D eigenvalue weighted by Crippen LogP contribution is 2.22. The number of amides is 2. The van der Waals surface area contributed by atoms with Crippen LogP contribution in [0.3, 0.4) is 0 Å². The van der Waals surface area contributed by atoms with E-state index >= 15 is 0 Å². The molecule has 0 bridgehead atoms. The van der Waals surface area contributed by atoms with Crippen LogP contribution in [0.25, 0.3) is 0 Å². The van der Waals surface area contributed by atoms with Crippen molar-refractivity contribution in [1.82, 2.24) is 4.90 Å². The van der Waals surface area contributed by atoms with Crippen molar-refractivity contribution in [1.29, 1.82) is 0 Å². The molecule has 0 saturated carbocycles. The maximum Gasteiger partial charge on any atom is 0.389 e. The third-order valence-electron chi connectivity index (χ3n) is 2.74. The predicted octanol–water partition coefficient (Wildman–Crippen LogP) is 1.43. The predicted molar refractivity (Wildman–Crippen MR) is 70.8 cm³/mol.